The molecule has 20 heavy (non-hydrogen) atoms. The third-order valence-electron chi connectivity index (χ3n) is 3.49. The minimum atomic E-state index is -0.520. The number of nitrogens with one attached hydrogen (secondary N) is 1. The topological polar surface area (TPSA) is 98.3 Å². The Labute approximate surface area is 125 Å². The number of hydrogen-bond donors (Lipinski definition) is 2. The van der Waals surface area contributed by atoms with E-state index in [1.807, 2.05) is 0 Å². The van der Waals surface area contributed by atoms with Crippen LogP contribution in [0.3, 0.4) is 0 Å². The average Bonchev–Trinajstić information content (AvgIpc) is 2.40. The van der Waals surface area contributed by atoms with Gasteiger partial charge in [0, 0.05) is 34.3 Å². The summed E-state index contributed by atoms with van der Waals surface area (Å²) in [5, 5.41) is 13.7. The molecular formula is C13H16BrN3O3. The van der Waals surface area contributed by atoms with Crippen molar-refractivity contribution in [3.05, 3.63) is 38.3 Å². The van der Waals surface area contributed by atoms with Crippen LogP contribution in [0, 0.1) is 10.1 Å². The molecule has 0 heterocycles. The third kappa shape index (κ3) is 3.55. The number of carbonyl (C=O) groups excluding carboxylic acids is 1. The van der Waals surface area contributed by atoms with Crippen LogP contribution >= 0.6 is 15.9 Å². The molecule has 1 aromatic rings. The van der Waals surface area contributed by atoms with Crippen LogP contribution in [0.4, 0.5) is 5.69 Å². The first kappa shape index (κ1) is 14.9. The fourth-order valence-electron chi connectivity index (χ4n) is 2.40. The number of hydrogen-bond acceptors (Lipinski definition) is 4. The fraction of sp³-hybridized carbons (Fsp3) is 0.462. The predicted octanol–water partition coefficient (Wildman–Crippen LogP) is 2.36. The Hall–Kier alpha value is -1.47. The van der Waals surface area contributed by atoms with E-state index in [0.717, 1.165) is 25.7 Å². The highest BCUT2D eigenvalue weighted by Gasteiger charge is 2.24. The van der Waals surface area contributed by atoms with E-state index < -0.39 is 4.92 Å². The Morgan fingerprint density at radius 3 is 2.70 bits per heavy atom. The lowest BCUT2D eigenvalue weighted by Crippen LogP contribution is -2.49. The monoisotopic (exact) mass is 341 g/mol. The molecule has 2 unspecified atom stereocenters. The third-order valence-corrected chi connectivity index (χ3v) is 3.95. The van der Waals surface area contributed by atoms with Crippen molar-refractivity contribution in [1.82, 2.24) is 5.32 Å². The van der Waals surface area contributed by atoms with E-state index in [1.165, 1.54) is 12.1 Å². The Morgan fingerprint density at radius 2 is 2.05 bits per heavy atom. The molecule has 1 fully saturated rings. The van der Waals surface area contributed by atoms with Crippen LogP contribution in [-0.2, 0) is 0 Å². The van der Waals surface area contributed by atoms with Gasteiger partial charge in [0.1, 0.15) is 0 Å². The van der Waals surface area contributed by atoms with Crippen LogP contribution in [0.1, 0.15) is 36.0 Å². The molecule has 1 saturated carbocycles. The Bertz CT molecular complexity index is 536. The molecule has 2 atom stereocenters. The molecule has 0 saturated heterocycles. The lowest BCUT2D eigenvalue weighted by molar-refractivity contribution is -0.385. The highest BCUT2D eigenvalue weighted by molar-refractivity contribution is 9.10. The van der Waals surface area contributed by atoms with Crippen molar-refractivity contribution >= 4 is 27.5 Å². The van der Waals surface area contributed by atoms with Crippen molar-refractivity contribution in [2.24, 2.45) is 5.73 Å². The van der Waals surface area contributed by atoms with Crippen LogP contribution in [0.15, 0.2) is 22.7 Å². The average molecular weight is 342 g/mol. The van der Waals surface area contributed by atoms with E-state index in [1.54, 1.807) is 6.07 Å². The first-order chi connectivity index (χ1) is 9.47. The van der Waals surface area contributed by atoms with Crippen molar-refractivity contribution < 1.29 is 9.72 Å². The molecule has 1 aromatic carbocycles. The number of nitrogens with two attached hydrogens (primary N) is 1. The van der Waals surface area contributed by atoms with Gasteiger partial charge in [-0.1, -0.05) is 28.8 Å². The zero-order valence-electron chi connectivity index (χ0n) is 10.8. The number of nitro groups is 1. The largest absolute Gasteiger partial charge is 0.348 e. The molecule has 7 heteroatoms. The molecule has 1 aliphatic rings. The zero-order chi connectivity index (χ0) is 14.7. The van der Waals surface area contributed by atoms with E-state index in [0.29, 0.717) is 4.47 Å². The van der Waals surface area contributed by atoms with Gasteiger partial charge in [-0.2, -0.15) is 0 Å². The summed E-state index contributed by atoms with van der Waals surface area (Å²) in [5.41, 5.74) is 6.14. The molecule has 3 N–H and O–H groups in total. The van der Waals surface area contributed by atoms with Crippen LogP contribution in [-0.4, -0.2) is 22.9 Å². The molecule has 0 aromatic heterocycles. The predicted molar refractivity (Wildman–Crippen MR) is 78.5 cm³/mol. The summed E-state index contributed by atoms with van der Waals surface area (Å²) >= 11 is 3.18. The molecule has 0 spiro atoms. The number of carbonyl (C=O) groups is 1. The molecule has 0 radical (unpaired) electrons. The Morgan fingerprint density at radius 1 is 1.35 bits per heavy atom. The maximum absolute atomic E-state index is 12.2. The second-order valence-electron chi connectivity index (χ2n) is 4.98. The number of amides is 1. The van der Waals surface area contributed by atoms with Gasteiger partial charge >= 0.3 is 0 Å². The van der Waals surface area contributed by atoms with Gasteiger partial charge in [-0.05, 0) is 18.9 Å². The second-order valence-corrected chi connectivity index (χ2v) is 5.90. The molecular weight excluding hydrogens is 326 g/mol. The second kappa shape index (κ2) is 6.32. The van der Waals surface area contributed by atoms with E-state index in [9.17, 15) is 14.9 Å². The van der Waals surface area contributed by atoms with Gasteiger partial charge in [-0.25, -0.2) is 0 Å². The van der Waals surface area contributed by atoms with Gasteiger partial charge < -0.3 is 11.1 Å². The first-order valence-corrected chi connectivity index (χ1v) is 7.28. The first-order valence-electron chi connectivity index (χ1n) is 6.49. The number of nitrogens with zero attached hydrogens (tertiary/aromatic N) is 1. The maximum Gasteiger partial charge on any atom is 0.271 e. The minimum Gasteiger partial charge on any atom is -0.348 e. The van der Waals surface area contributed by atoms with Crippen molar-refractivity contribution in [3.63, 3.8) is 0 Å². The number of benzene rings is 1. The fourth-order valence-corrected chi connectivity index (χ4v) is 2.88. The van der Waals surface area contributed by atoms with Crippen molar-refractivity contribution in [3.8, 4) is 0 Å². The summed E-state index contributed by atoms with van der Waals surface area (Å²) in [4.78, 5) is 22.5. The van der Waals surface area contributed by atoms with Gasteiger partial charge in [-0.3, -0.25) is 14.9 Å². The summed E-state index contributed by atoms with van der Waals surface area (Å²) in [6.45, 7) is 0. The van der Waals surface area contributed by atoms with Crippen LogP contribution in [0.5, 0.6) is 0 Å². The van der Waals surface area contributed by atoms with Crippen molar-refractivity contribution in [1.29, 1.82) is 0 Å². The molecule has 0 aliphatic heterocycles. The maximum atomic E-state index is 12.2. The molecule has 108 valence electrons. The summed E-state index contributed by atoms with van der Waals surface area (Å²) in [6.07, 6.45) is 3.86. The molecule has 1 aliphatic carbocycles. The van der Waals surface area contributed by atoms with E-state index in [2.05, 4.69) is 21.2 Å². The van der Waals surface area contributed by atoms with E-state index >= 15 is 0 Å². The summed E-state index contributed by atoms with van der Waals surface area (Å²) in [5.74, 6) is -0.322. The van der Waals surface area contributed by atoms with E-state index in [-0.39, 0.29) is 29.2 Å². The summed E-state index contributed by atoms with van der Waals surface area (Å²) in [7, 11) is 0. The molecule has 0 bridgehead atoms. The van der Waals surface area contributed by atoms with Gasteiger partial charge in [-0.15, -0.1) is 0 Å². The van der Waals surface area contributed by atoms with Crippen molar-refractivity contribution in [2.75, 3.05) is 0 Å². The quantitative estimate of drug-likeness (QED) is 0.651. The summed E-state index contributed by atoms with van der Waals surface area (Å²) in [6, 6.07) is 4.10. The molecule has 1 amide bonds. The van der Waals surface area contributed by atoms with Gasteiger partial charge in [0.15, 0.2) is 0 Å². The lowest BCUT2D eigenvalue weighted by Gasteiger charge is -2.29. The Balaban J connectivity index is 2.14. The number of non-ortho nitro benzene ring substituents is 1. The lowest BCUT2D eigenvalue weighted by atomic mass is 9.91. The highest BCUT2D eigenvalue weighted by Crippen LogP contribution is 2.22. The van der Waals surface area contributed by atoms with Crippen LogP contribution < -0.4 is 11.1 Å². The smallest absolute Gasteiger partial charge is 0.271 e. The van der Waals surface area contributed by atoms with Gasteiger partial charge in [0.25, 0.3) is 11.6 Å². The molecule has 6 nitrogen and oxygen atoms in total. The van der Waals surface area contributed by atoms with Gasteiger partial charge in [0.05, 0.1) is 4.92 Å². The van der Waals surface area contributed by atoms with Gasteiger partial charge in [0.2, 0.25) is 0 Å². The highest BCUT2D eigenvalue weighted by atomic mass is 79.9. The van der Waals surface area contributed by atoms with Crippen LogP contribution in [0.25, 0.3) is 0 Å². The zero-order valence-corrected chi connectivity index (χ0v) is 12.4. The number of nitro benzene ring substituents is 1. The van der Waals surface area contributed by atoms with Crippen LogP contribution in [0.2, 0.25) is 0 Å². The van der Waals surface area contributed by atoms with E-state index in [4.69, 9.17) is 5.73 Å². The normalized spacial score (nSPS) is 22.3. The minimum absolute atomic E-state index is 0.0464. The summed E-state index contributed by atoms with van der Waals surface area (Å²) < 4.78 is 0.504. The number of halogens is 1. The standard InChI is InChI=1S/C13H16BrN3O3/c14-9-5-8(6-10(7-9)17(19)20)13(18)16-12-4-2-1-3-11(12)15/h5-7,11-12H,1-4,15H2,(H,16,18). The number of rotatable bonds is 3. The Kier molecular flexibility index (Phi) is 4.72. The SMILES string of the molecule is NC1CCCCC1NC(=O)c1cc(Br)cc([N+](=O)[O-])c1. The van der Waals surface area contributed by atoms with Crippen molar-refractivity contribution in [2.45, 2.75) is 37.8 Å². The molecule has 2 rings (SSSR count).